The van der Waals surface area contributed by atoms with Crippen LogP contribution >= 0.6 is 24.0 Å². The highest BCUT2D eigenvalue weighted by atomic mass is 35.5. The number of furan rings is 1. The molecule has 4 nitrogen and oxygen atoms in total. The highest BCUT2D eigenvalue weighted by Crippen LogP contribution is 2.22. The predicted molar refractivity (Wildman–Crippen MR) is 71.4 cm³/mol. The number of nitrogens with one attached hydrogen (secondary N) is 1. The van der Waals surface area contributed by atoms with Crippen LogP contribution < -0.4 is 5.32 Å². The van der Waals surface area contributed by atoms with Gasteiger partial charge in [-0.25, -0.2) is 0 Å². The van der Waals surface area contributed by atoms with E-state index in [0.717, 1.165) is 25.9 Å². The molecule has 1 aromatic rings. The topological polar surface area (TPSA) is 45.5 Å². The normalized spacial score (nSPS) is 26.6. The number of rotatable bonds is 1. The van der Waals surface area contributed by atoms with Gasteiger partial charge in [0.2, 0.25) is 0 Å². The van der Waals surface area contributed by atoms with Crippen molar-refractivity contribution < 1.29 is 9.21 Å². The number of halogens is 2. The van der Waals surface area contributed by atoms with Crippen molar-refractivity contribution in [1.29, 1.82) is 0 Å². The molecule has 6 heteroatoms. The van der Waals surface area contributed by atoms with E-state index in [2.05, 4.69) is 5.32 Å². The third-order valence-electron chi connectivity index (χ3n) is 3.59. The van der Waals surface area contributed by atoms with Crippen molar-refractivity contribution in [2.24, 2.45) is 0 Å². The van der Waals surface area contributed by atoms with Gasteiger partial charge in [0.25, 0.3) is 5.91 Å². The third kappa shape index (κ3) is 2.66. The van der Waals surface area contributed by atoms with Crippen molar-refractivity contribution in [3.63, 3.8) is 0 Å². The number of amides is 1. The van der Waals surface area contributed by atoms with E-state index in [-0.39, 0.29) is 23.5 Å². The lowest BCUT2D eigenvalue weighted by atomic mass is 10.1. The molecule has 1 N–H and O–H groups in total. The molecule has 2 unspecified atom stereocenters. The summed E-state index contributed by atoms with van der Waals surface area (Å²) in [6.45, 7) is 1.57. The standard InChI is InChI=1S/C12H15ClN2O2.ClH/c13-11-4-3-10(17-11)12(16)15-6-5-8-1-2-9(7-15)14-8;/h3-4,8-9,14H,1-2,5-7H2;1H. The molecule has 2 aliphatic rings. The van der Waals surface area contributed by atoms with E-state index < -0.39 is 0 Å². The Balaban J connectivity index is 0.00000120. The minimum atomic E-state index is -0.0498. The zero-order valence-corrected chi connectivity index (χ0v) is 11.5. The second kappa shape index (κ2) is 5.51. The molecule has 2 atom stereocenters. The molecule has 3 heterocycles. The van der Waals surface area contributed by atoms with Gasteiger partial charge in [0.15, 0.2) is 11.0 Å². The zero-order valence-electron chi connectivity index (χ0n) is 9.89. The lowest BCUT2D eigenvalue weighted by Crippen LogP contribution is -2.38. The number of hydrogen-bond donors (Lipinski definition) is 1. The molecule has 1 amide bonds. The first-order valence-corrected chi connectivity index (χ1v) is 6.41. The second-order valence-corrected chi connectivity index (χ2v) is 5.15. The highest BCUT2D eigenvalue weighted by molar-refractivity contribution is 6.29. The second-order valence-electron chi connectivity index (χ2n) is 4.78. The van der Waals surface area contributed by atoms with Gasteiger partial charge >= 0.3 is 0 Å². The quantitative estimate of drug-likeness (QED) is 0.863. The summed E-state index contributed by atoms with van der Waals surface area (Å²) in [5.41, 5.74) is 0. The van der Waals surface area contributed by atoms with E-state index in [0.29, 0.717) is 17.8 Å². The van der Waals surface area contributed by atoms with Gasteiger partial charge in [-0.2, -0.15) is 0 Å². The summed E-state index contributed by atoms with van der Waals surface area (Å²) in [5, 5.41) is 3.81. The maximum Gasteiger partial charge on any atom is 0.289 e. The van der Waals surface area contributed by atoms with Crippen LogP contribution in [0.5, 0.6) is 0 Å². The van der Waals surface area contributed by atoms with Crippen LogP contribution in [0.15, 0.2) is 16.5 Å². The Morgan fingerprint density at radius 3 is 2.83 bits per heavy atom. The summed E-state index contributed by atoms with van der Waals surface area (Å²) in [7, 11) is 0. The van der Waals surface area contributed by atoms with Crippen LogP contribution in [-0.4, -0.2) is 36.0 Å². The minimum absolute atomic E-state index is 0. The number of likely N-dealkylation sites (tertiary alicyclic amines) is 1. The van der Waals surface area contributed by atoms with Gasteiger partial charge in [-0.15, -0.1) is 12.4 Å². The molecule has 0 aliphatic carbocycles. The molecule has 3 rings (SSSR count). The molecule has 1 aromatic heterocycles. The van der Waals surface area contributed by atoms with Crippen LogP contribution in [0.25, 0.3) is 0 Å². The van der Waals surface area contributed by atoms with Crippen LogP contribution in [0.2, 0.25) is 5.22 Å². The van der Waals surface area contributed by atoms with E-state index >= 15 is 0 Å². The van der Waals surface area contributed by atoms with Crippen LogP contribution in [0.3, 0.4) is 0 Å². The average Bonchev–Trinajstić information content (AvgIpc) is 2.84. The summed E-state index contributed by atoms with van der Waals surface area (Å²) < 4.78 is 5.17. The first kappa shape index (κ1) is 13.7. The summed E-state index contributed by atoms with van der Waals surface area (Å²) in [5.74, 6) is 0.291. The Kier molecular flexibility index (Phi) is 4.20. The van der Waals surface area contributed by atoms with Gasteiger partial charge in [-0.05, 0) is 43.0 Å². The van der Waals surface area contributed by atoms with Gasteiger partial charge in [0.05, 0.1) is 0 Å². The highest BCUT2D eigenvalue weighted by Gasteiger charge is 2.32. The van der Waals surface area contributed by atoms with Crippen molar-refractivity contribution in [3.05, 3.63) is 23.1 Å². The van der Waals surface area contributed by atoms with Gasteiger partial charge in [-0.1, -0.05) is 0 Å². The summed E-state index contributed by atoms with van der Waals surface area (Å²) in [4.78, 5) is 14.1. The fourth-order valence-corrected chi connectivity index (χ4v) is 2.86. The van der Waals surface area contributed by atoms with E-state index in [1.54, 1.807) is 12.1 Å². The Morgan fingerprint density at radius 2 is 2.11 bits per heavy atom. The van der Waals surface area contributed by atoms with Crippen molar-refractivity contribution >= 4 is 29.9 Å². The molecule has 2 bridgehead atoms. The van der Waals surface area contributed by atoms with E-state index in [9.17, 15) is 4.79 Å². The summed E-state index contributed by atoms with van der Waals surface area (Å²) in [6, 6.07) is 4.27. The van der Waals surface area contributed by atoms with Gasteiger partial charge in [0, 0.05) is 25.2 Å². The lowest BCUT2D eigenvalue weighted by Gasteiger charge is -2.23. The van der Waals surface area contributed by atoms with Crippen molar-refractivity contribution in [2.45, 2.75) is 31.3 Å². The summed E-state index contributed by atoms with van der Waals surface area (Å²) in [6.07, 6.45) is 3.42. The largest absolute Gasteiger partial charge is 0.440 e. The molecule has 2 fully saturated rings. The van der Waals surface area contributed by atoms with E-state index in [1.165, 1.54) is 6.42 Å². The van der Waals surface area contributed by atoms with Crippen molar-refractivity contribution in [2.75, 3.05) is 13.1 Å². The lowest BCUT2D eigenvalue weighted by molar-refractivity contribution is 0.0716. The number of nitrogens with zero attached hydrogens (tertiary/aromatic N) is 1. The first-order valence-electron chi connectivity index (χ1n) is 6.03. The number of carbonyl (C=O) groups is 1. The van der Waals surface area contributed by atoms with Crippen LogP contribution in [0.1, 0.15) is 29.8 Å². The molecule has 0 aromatic carbocycles. The number of carbonyl (C=O) groups excluding carboxylic acids is 1. The molecule has 0 radical (unpaired) electrons. The Bertz CT molecular complexity index is 435. The zero-order chi connectivity index (χ0) is 11.8. The Morgan fingerprint density at radius 1 is 1.33 bits per heavy atom. The maximum atomic E-state index is 12.2. The fourth-order valence-electron chi connectivity index (χ4n) is 2.71. The van der Waals surface area contributed by atoms with Crippen LogP contribution in [-0.2, 0) is 0 Å². The molecular weight excluding hydrogens is 275 g/mol. The van der Waals surface area contributed by atoms with E-state index in [4.69, 9.17) is 16.0 Å². The Labute approximate surface area is 117 Å². The van der Waals surface area contributed by atoms with Crippen LogP contribution in [0.4, 0.5) is 0 Å². The minimum Gasteiger partial charge on any atom is -0.440 e. The SMILES string of the molecule is Cl.O=C(c1ccc(Cl)o1)N1CCC2CCC(C1)N2. The van der Waals surface area contributed by atoms with E-state index in [1.807, 2.05) is 4.90 Å². The number of hydrogen-bond acceptors (Lipinski definition) is 3. The predicted octanol–water partition coefficient (Wildman–Crippen LogP) is 2.32. The van der Waals surface area contributed by atoms with Gasteiger partial charge < -0.3 is 14.6 Å². The van der Waals surface area contributed by atoms with Gasteiger partial charge in [-0.3, -0.25) is 4.79 Å². The van der Waals surface area contributed by atoms with Gasteiger partial charge in [0.1, 0.15) is 0 Å². The number of fused-ring (bicyclic) bond motifs is 2. The average molecular weight is 291 g/mol. The molecule has 100 valence electrons. The molecule has 2 saturated heterocycles. The van der Waals surface area contributed by atoms with Crippen molar-refractivity contribution in [1.82, 2.24) is 10.2 Å². The molecule has 0 saturated carbocycles. The molecule has 2 aliphatic heterocycles. The van der Waals surface area contributed by atoms with Crippen molar-refractivity contribution in [3.8, 4) is 0 Å². The maximum absolute atomic E-state index is 12.2. The molecule has 18 heavy (non-hydrogen) atoms. The fraction of sp³-hybridized carbons (Fsp3) is 0.583. The smallest absolute Gasteiger partial charge is 0.289 e. The molecular formula is C12H16Cl2N2O2. The molecule has 0 spiro atoms. The third-order valence-corrected chi connectivity index (χ3v) is 3.80. The Hall–Kier alpha value is -0.710. The summed E-state index contributed by atoms with van der Waals surface area (Å²) >= 11 is 5.69. The van der Waals surface area contributed by atoms with Crippen LogP contribution in [0, 0.1) is 0 Å². The monoisotopic (exact) mass is 290 g/mol. The first-order chi connectivity index (χ1) is 8.22.